The Balaban J connectivity index is 2.44. The van der Waals surface area contributed by atoms with Gasteiger partial charge in [0.2, 0.25) is 9.84 Å². The number of carbonyl (C=O) groups excluding carboxylic acids is 1. The van der Waals surface area contributed by atoms with Crippen molar-refractivity contribution in [3.05, 3.63) is 41.2 Å². The summed E-state index contributed by atoms with van der Waals surface area (Å²) >= 11 is 5.94. The van der Waals surface area contributed by atoms with Crippen LogP contribution in [0.25, 0.3) is 0 Å². The van der Waals surface area contributed by atoms with Crippen LogP contribution in [0.3, 0.4) is 0 Å². The van der Waals surface area contributed by atoms with Crippen molar-refractivity contribution in [3.63, 3.8) is 0 Å². The van der Waals surface area contributed by atoms with Gasteiger partial charge in [-0.1, -0.05) is 11.6 Å². The minimum absolute atomic E-state index is 0.0227. The molecule has 1 amide bonds. The molecule has 0 N–H and O–H groups in total. The van der Waals surface area contributed by atoms with Gasteiger partial charge in [-0.15, -0.1) is 0 Å². The summed E-state index contributed by atoms with van der Waals surface area (Å²) in [6, 6.07) is 4.55. The summed E-state index contributed by atoms with van der Waals surface area (Å²) in [6.07, 6.45) is 2.98. The predicted octanol–water partition coefficient (Wildman–Crippen LogP) is 2.49. The highest BCUT2D eigenvalue weighted by Crippen LogP contribution is 2.38. The Labute approximate surface area is 127 Å². The zero-order valence-corrected chi connectivity index (χ0v) is 13.1. The van der Waals surface area contributed by atoms with E-state index in [1.807, 2.05) is 0 Å². The molecule has 0 aliphatic carbocycles. The molecule has 2 heterocycles. The van der Waals surface area contributed by atoms with Crippen molar-refractivity contribution in [2.45, 2.75) is 16.7 Å². The number of halogens is 1. The fourth-order valence-corrected chi connectivity index (χ4v) is 4.49. The summed E-state index contributed by atoms with van der Waals surface area (Å²) in [6.45, 7) is 2.17. The summed E-state index contributed by atoms with van der Waals surface area (Å²) in [4.78, 5) is 14.2. The summed E-state index contributed by atoms with van der Waals surface area (Å²) in [5, 5.41) is 0.320. The normalized spacial score (nSPS) is 16.3. The fraction of sp³-hybridized carbons (Fsp3) is 0.214. The molecular formula is C14H13ClN2O3S. The van der Waals surface area contributed by atoms with Crippen molar-refractivity contribution < 1.29 is 13.2 Å². The maximum Gasteiger partial charge on any atom is 0.261 e. The number of amides is 1. The van der Waals surface area contributed by atoms with Crippen LogP contribution in [0.4, 0.5) is 5.69 Å². The third-order valence-electron chi connectivity index (χ3n) is 3.50. The molecule has 1 aromatic carbocycles. The molecule has 1 aliphatic heterocycles. The van der Waals surface area contributed by atoms with Crippen LogP contribution in [0.1, 0.15) is 17.3 Å². The summed E-state index contributed by atoms with van der Waals surface area (Å²) in [5.41, 5.74) is 0.553. The fourth-order valence-electron chi connectivity index (χ4n) is 2.55. The van der Waals surface area contributed by atoms with Crippen LogP contribution in [0, 0.1) is 0 Å². The quantitative estimate of drug-likeness (QED) is 0.809. The van der Waals surface area contributed by atoms with E-state index < -0.39 is 9.84 Å². The van der Waals surface area contributed by atoms with Crippen molar-refractivity contribution in [3.8, 4) is 0 Å². The van der Waals surface area contributed by atoms with Crippen LogP contribution in [0.15, 0.2) is 40.4 Å². The molecule has 0 atom stereocenters. The molecule has 0 saturated carbocycles. The van der Waals surface area contributed by atoms with Crippen LogP contribution in [-0.4, -0.2) is 25.4 Å². The van der Waals surface area contributed by atoms with E-state index in [0.717, 1.165) is 0 Å². The molecule has 1 aliphatic rings. The van der Waals surface area contributed by atoms with Gasteiger partial charge in [0, 0.05) is 31.0 Å². The molecule has 0 fully saturated rings. The summed E-state index contributed by atoms with van der Waals surface area (Å²) < 4.78 is 27.2. The van der Waals surface area contributed by atoms with Crippen molar-refractivity contribution in [2.75, 3.05) is 11.4 Å². The molecule has 21 heavy (non-hydrogen) atoms. The van der Waals surface area contributed by atoms with E-state index in [4.69, 9.17) is 11.6 Å². The van der Waals surface area contributed by atoms with Gasteiger partial charge in [0.25, 0.3) is 5.91 Å². The minimum Gasteiger partial charge on any atom is -0.355 e. The standard InChI is InChI=1S/C14H13ClN2O3S/c1-3-17-11-5-4-9(15)6-12(11)21(19,20)13-8-16(2)7-10(13)14(17)18/h4-8H,3H2,1-2H3. The second kappa shape index (κ2) is 4.61. The topological polar surface area (TPSA) is 59.4 Å². The van der Waals surface area contributed by atoms with Gasteiger partial charge < -0.3 is 9.47 Å². The van der Waals surface area contributed by atoms with Crippen molar-refractivity contribution in [1.82, 2.24) is 4.57 Å². The van der Waals surface area contributed by atoms with Crippen LogP contribution in [0.2, 0.25) is 5.02 Å². The molecule has 0 unspecified atom stereocenters. The first kappa shape index (κ1) is 14.2. The molecule has 0 radical (unpaired) electrons. The first-order chi connectivity index (χ1) is 9.86. The van der Waals surface area contributed by atoms with Crippen LogP contribution in [0.5, 0.6) is 0 Å². The Morgan fingerprint density at radius 1 is 1.19 bits per heavy atom. The van der Waals surface area contributed by atoms with Crippen LogP contribution in [-0.2, 0) is 16.9 Å². The molecule has 1 aromatic heterocycles. The third kappa shape index (κ3) is 1.98. The van der Waals surface area contributed by atoms with Gasteiger partial charge >= 0.3 is 0 Å². The number of hydrogen-bond donors (Lipinski definition) is 0. The van der Waals surface area contributed by atoms with Gasteiger partial charge in [0.1, 0.15) is 4.90 Å². The average molecular weight is 325 g/mol. The predicted molar refractivity (Wildman–Crippen MR) is 79.7 cm³/mol. The van der Waals surface area contributed by atoms with E-state index >= 15 is 0 Å². The number of aromatic nitrogens is 1. The maximum absolute atomic E-state index is 12.8. The number of anilines is 1. The van der Waals surface area contributed by atoms with Crippen molar-refractivity contribution in [2.24, 2.45) is 7.05 Å². The molecule has 0 spiro atoms. The Kier molecular flexibility index (Phi) is 3.11. The van der Waals surface area contributed by atoms with Gasteiger partial charge in [0.05, 0.1) is 16.1 Å². The number of nitrogens with zero attached hydrogens (tertiary/aromatic N) is 2. The lowest BCUT2D eigenvalue weighted by Gasteiger charge is -2.20. The average Bonchev–Trinajstić information content (AvgIpc) is 2.81. The number of sulfone groups is 1. The van der Waals surface area contributed by atoms with Crippen molar-refractivity contribution >= 4 is 33.0 Å². The first-order valence-corrected chi connectivity index (χ1v) is 8.25. The second-order valence-corrected chi connectivity index (χ2v) is 7.19. The van der Waals surface area contributed by atoms with E-state index in [9.17, 15) is 13.2 Å². The molecular weight excluding hydrogens is 312 g/mol. The Bertz CT molecular complexity index is 855. The van der Waals surface area contributed by atoms with Crippen molar-refractivity contribution in [1.29, 1.82) is 0 Å². The SMILES string of the molecule is CCN1C(=O)c2cn(C)cc2S(=O)(=O)c2cc(Cl)ccc21. The molecule has 5 nitrogen and oxygen atoms in total. The van der Waals surface area contributed by atoms with Gasteiger partial charge in [-0.3, -0.25) is 4.79 Å². The molecule has 2 aromatic rings. The summed E-state index contributed by atoms with van der Waals surface area (Å²) in [5.74, 6) is -0.322. The van der Waals surface area contributed by atoms with E-state index in [0.29, 0.717) is 17.3 Å². The third-order valence-corrected chi connectivity index (χ3v) is 5.55. The highest BCUT2D eigenvalue weighted by atomic mass is 35.5. The molecule has 3 rings (SSSR count). The number of benzene rings is 1. The Morgan fingerprint density at radius 3 is 2.57 bits per heavy atom. The maximum atomic E-state index is 12.8. The second-order valence-electron chi connectivity index (χ2n) is 4.87. The monoisotopic (exact) mass is 324 g/mol. The van der Waals surface area contributed by atoms with E-state index in [2.05, 4.69) is 0 Å². The highest BCUT2D eigenvalue weighted by molar-refractivity contribution is 7.91. The van der Waals surface area contributed by atoms with E-state index in [1.165, 1.54) is 23.4 Å². The summed E-state index contributed by atoms with van der Waals surface area (Å²) in [7, 11) is -2.10. The van der Waals surface area contributed by atoms with E-state index in [1.54, 1.807) is 30.7 Å². The number of hydrogen-bond acceptors (Lipinski definition) is 3. The van der Waals surface area contributed by atoms with Gasteiger partial charge in [-0.25, -0.2) is 8.42 Å². The highest BCUT2D eigenvalue weighted by Gasteiger charge is 2.36. The number of fused-ring (bicyclic) bond motifs is 2. The zero-order chi connectivity index (χ0) is 15.4. The lowest BCUT2D eigenvalue weighted by atomic mass is 10.2. The molecule has 110 valence electrons. The molecule has 7 heteroatoms. The first-order valence-electron chi connectivity index (χ1n) is 6.38. The number of rotatable bonds is 1. The molecule has 0 saturated heterocycles. The number of carbonyl (C=O) groups is 1. The lowest BCUT2D eigenvalue weighted by molar-refractivity contribution is 0.0985. The Morgan fingerprint density at radius 2 is 1.90 bits per heavy atom. The van der Waals surface area contributed by atoms with Gasteiger partial charge in [-0.05, 0) is 25.1 Å². The van der Waals surface area contributed by atoms with Crippen LogP contribution >= 0.6 is 11.6 Å². The lowest BCUT2D eigenvalue weighted by Crippen LogP contribution is -2.30. The zero-order valence-electron chi connectivity index (χ0n) is 11.5. The largest absolute Gasteiger partial charge is 0.355 e. The van der Waals surface area contributed by atoms with Crippen LogP contribution < -0.4 is 4.90 Å². The van der Waals surface area contributed by atoms with Gasteiger partial charge in [0.15, 0.2) is 0 Å². The Hall–Kier alpha value is -1.79. The molecule has 0 bridgehead atoms. The minimum atomic E-state index is -3.78. The van der Waals surface area contributed by atoms with Gasteiger partial charge in [-0.2, -0.15) is 0 Å². The van der Waals surface area contributed by atoms with E-state index in [-0.39, 0.29) is 21.3 Å². The number of aryl methyl sites for hydroxylation is 1. The smallest absolute Gasteiger partial charge is 0.261 e.